The number of rotatable bonds is 3. The number of H-pyrrole nitrogens is 1. The molecule has 2 heterocycles. The van der Waals surface area contributed by atoms with Crippen molar-refractivity contribution in [3.63, 3.8) is 0 Å². The Hall–Kier alpha value is -2.13. The van der Waals surface area contributed by atoms with Gasteiger partial charge in [0.1, 0.15) is 11.6 Å². The van der Waals surface area contributed by atoms with E-state index in [1.165, 1.54) is 11.3 Å². The van der Waals surface area contributed by atoms with Crippen LogP contribution in [0.3, 0.4) is 0 Å². The maximum absolute atomic E-state index is 11.6. The molecule has 0 saturated carbocycles. The number of nitriles is 1. The van der Waals surface area contributed by atoms with E-state index in [0.29, 0.717) is 5.69 Å². The third kappa shape index (κ3) is 2.05. The van der Waals surface area contributed by atoms with E-state index in [2.05, 4.69) is 10.2 Å². The Bertz CT molecular complexity index is 566. The molecule has 2 aromatic rings. The zero-order valence-corrected chi connectivity index (χ0v) is 9.87. The summed E-state index contributed by atoms with van der Waals surface area (Å²) in [6.07, 6.45) is 0. The number of nitrogens with one attached hydrogen (secondary N) is 1. The Morgan fingerprint density at radius 2 is 2.53 bits per heavy atom. The molecule has 2 rings (SSSR count). The van der Waals surface area contributed by atoms with Crippen molar-refractivity contribution in [2.24, 2.45) is 0 Å². The SMILES string of the molecule is CCOC(=O)c1n[nH]c(-c2cccs2)c1C#N. The molecule has 1 N–H and O–H groups in total. The van der Waals surface area contributed by atoms with E-state index >= 15 is 0 Å². The molecule has 0 atom stereocenters. The van der Waals surface area contributed by atoms with Gasteiger partial charge in [0.25, 0.3) is 0 Å². The number of aromatic nitrogens is 2. The lowest BCUT2D eigenvalue weighted by molar-refractivity contribution is 0.0519. The van der Waals surface area contributed by atoms with Gasteiger partial charge in [0.2, 0.25) is 0 Å². The fourth-order valence-corrected chi connectivity index (χ4v) is 2.12. The second-order valence-corrected chi connectivity index (χ2v) is 4.08. The predicted octanol–water partition coefficient (Wildman–Crippen LogP) is 2.19. The summed E-state index contributed by atoms with van der Waals surface area (Å²) in [5.74, 6) is -0.580. The molecule has 6 heteroatoms. The van der Waals surface area contributed by atoms with E-state index in [-0.39, 0.29) is 17.9 Å². The van der Waals surface area contributed by atoms with Crippen molar-refractivity contribution in [2.45, 2.75) is 6.92 Å². The number of nitrogens with zero attached hydrogens (tertiary/aromatic N) is 2. The van der Waals surface area contributed by atoms with Gasteiger partial charge < -0.3 is 4.74 Å². The minimum absolute atomic E-state index is 0.0396. The highest BCUT2D eigenvalue weighted by molar-refractivity contribution is 7.13. The summed E-state index contributed by atoms with van der Waals surface area (Å²) < 4.78 is 4.83. The van der Waals surface area contributed by atoms with Gasteiger partial charge in [-0.3, -0.25) is 5.10 Å². The van der Waals surface area contributed by atoms with Crippen LogP contribution in [0, 0.1) is 11.3 Å². The highest BCUT2D eigenvalue weighted by Crippen LogP contribution is 2.27. The summed E-state index contributed by atoms with van der Waals surface area (Å²) in [5.41, 5.74) is 0.828. The molecule has 0 aromatic carbocycles. The van der Waals surface area contributed by atoms with Crippen LogP contribution in [0.25, 0.3) is 10.6 Å². The largest absolute Gasteiger partial charge is 0.461 e. The van der Waals surface area contributed by atoms with Crippen molar-refractivity contribution in [1.29, 1.82) is 5.26 Å². The smallest absolute Gasteiger partial charge is 0.360 e. The van der Waals surface area contributed by atoms with E-state index in [4.69, 9.17) is 10.00 Å². The molecule has 0 unspecified atom stereocenters. The maximum Gasteiger partial charge on any atom is 0.360 e. The minimum Gasteiger partial charge on any atom is -0.461 e. The third-order valence-electron chi connectivity index (χ3n) is 2.11. The third-order valence-corrected chi connectivity index (χ3v) is 3.00. The van der Waals surface area contributed by atoms with Crippen LogP contribution in [-0.4, -0.2) is 22.8 Å². The summed E-state index contributed by atoms with van der Waals surface area (Å²) in [4.78, 5) is 12.4. The summed E-state index contributed by atoms with van der Waals surface area (Å²) in [7, 11) is 0. The molecule has 17 heavy (non-hydrogen) atoms. The van der Waals surface area contributed by atoms with Crippen molar-refractivity contribution in [3.05, 3.63) is 28.8 Å². The number of thiophene rings is 1. The van der Waals surface area contributed by atoms with E-state index in [1.54, 1.807) is 6.92 Å². The van der Waals surface area contributed by atoms with Gasteiger partial charge in [0, 0.05) is 0 Å². The normalized spacial score (nSPS) is 9.88. The lowest BCUT2D eigenvalue weighted by atomic mass is 10.2. The second kappa shape index (κ2) is 4.80. The van der Waals surface area contributed by atoms with Crippen LogP contribution in [-0.2, 0) is 4.74 Å². The molecule has 86 valence electrons. The number of hydrogen-bond donors (Lipinski definition) is 1. The van der Waals surface area contributed by atoms with E-state index in [1.807, 2.05) is 23.6 Å². The van der Waals surface area contributed by atoms with Crippen molar-refractivity contribution >= 4 is 17.3 Å². The minimum atomic E-state index is -0.580. The molecule has 0 bridgehead atoms. The van der Waals surface area contributed by atoms with Gasteiger partial charge in [0.05, 0.1) is 17.2 Å². The molecule has 0 radical (unpaired) electrons. The number of hydrogen-bond acceptors (Lipinski definition) is 5. The Balaban J connectivity index is 2.45. The number of ether oxygens (including phenoxy) is 1. The second-order valence-electron chi connectivity index (χ2n) is 3.13. The van der Waals surface area contributed by atoms with Crippen LogP contribution in [0.5, 0.6) is 0 Å². The Labute approximate surface area is 102 Å². The van der Waals surface area contributed by atoms with E-state index in [0.717, 1.165) is 4.88 Å². The fourth-order valence-electron chi connectivity index (χ4n) is 1.40. The monoisotopic (exact) mass is 247 g/mol. The first-order valence-electron chi connectivity index (χ1n) is 4.97. The molecule has 0 spiro atoms. The zero-order chi connectivity index (χ0) is 12.3. The molecule has 0 aliphatic rings. The number of carbonyl (C=O) groups excluding carboxylic acids is 1. The molecular weight excluding hydrogens is 238 g/mol. The quantitative estimate of drug-likeness (QED) is 0.843. The average Bonchev–Trinajstić information content (AvgIpc) is 2.97. The van der Waals surface area contributed by atoms with Gasteiger partial charge in [-0.05, 0) is 18.4 Å². The van der Waals surface area contributed by atoms with E-state index in [9.17, 15) is 4.79 Å². The highest BCUT2D eigenvalue weighted by atomic mass is 32.1. The number of carbonyl (C=O) groups is 1. The van der Waals surface area contributed by atoms with Crippen molar-refractivity contribution in [2.75, 3.05) is 6.61 Å². The molecule has 5 nitrogen and oxygen atoms in total. The van der Waals surface area contributed by atoms with Gasteiger partial charge in [-0.1, -0.05) is 6.07 Å². The molecular formula is C11H9N3O2S. The van der Waals surface area contributed by atoms with Gasteiger partial charge >= 0.3 is 5.97 Å². The van der Waals surface area contributed by atoms with Gasteiger partial charge in [-0.25, -0.2) is 4.79 Å². The molecule has 0 amide bonds. The first-order chi connectivity index (χ1) is 8.27. The molecule has 2 aromatic heterocycles. The number of esters is 1. The van der Waals surface area contributed by atoms with Crippen molar-refractivity contribution in [1.82, 2.24) is 10.2 Å². The van der Waals surface area contributed by atoms with Gasteiger partial charge in [0.15, 0.2) is 5.69 Å². The first kappa shape index (κ1) is 11.4. The van der Waals surface area contributed by atoms with Crippen LogP contribution < -0.4 is 0 Å². The van der Waals surface area contributed by atoms with Crippen LogP contribution in [0.4, 0.5) is 0 Å². The topological polar surface area (TPSA) is 78.8 Å². The van der Waals surface area contributed by atoms with Crippen molar-refractivity contribution < 1.29 is 9.53 Å². The lowest BCUT2D eigenvalue weighted by Gasteiger charge is -1.97. The Morgan fingerprint density at radius 1 is 1.71 bits per heavy atom. The van der Waals surface area contributed by atoms with E-state index < -0.39 is 5.97 Å². The summed E-state index contributed by atoms with van der Waals surface area (Å²) in [6.45, 7) is 1.96. The average molecular weight is 247 g/mol. The lowest BCUT2D eigenvalue weighted by Crippen LogP contribution is -2.06. The summed E-state index contributed by atoms with van der Waals surface area (Å²) >= 11 is 1.47. The predicted molar refractivity (Wildman–Crippen MR) is 62.6 cm³/mol. The first-order valence-corrected chi connectivity index (χ1v) is 5.85. The van der Waals surface area contributed by atoms with Gasteiger partial charge in [-0.2, -0.15) is 10.4 Å². The molecule has 0 saturated heterocycles. The van der Waals surface area contributed by atoms with Crippen LogP contribution in [0.15, 0.2) is 17.5 Å². The highest BCUT2D eigenvalue weighted by Gasteiger charge is 2.21. The Morgan fingerprint density at radius 3 is 3.12 bits per heavy atom. The molecule has 0 aliphatic heterocycles. The summed E-state index contributed by atoms with van der Waals surface area (Å²) in [6, 6.07) is 5.71. The molecule has 0 aliphatic carbocycles. The number of aromatic amines is 1. The molecule has 0 fully saturated rings. The summed E-state index contributed by atoms with van der Waals surface area (Å²) in [5, 5.41) is 17.5. The van der Waals surface area contributed by atoms with Crippen LogP contribution >= 0.6 is 11.3 Å². The van der Waals surface area contributed by atoms with Crippen LogP contribution in [0.2, 0.25) is 0 Å². The zero-order valence-electron chi connectivity index (χ0n) is 9.06. The standard InChI is InChI=1S/C11H9N3O2S/c1-2-16-11(15)10-7(6-12)9(13-14-10)8-4-3-5-17-8/h3-5H,2H2,1H3,(H,13,14). The Kier molecular flexibility index (Phi) is 3.21. The maximum atomic E-state index is 11.6. The fraction of sp³-hybridized carbons (Fsp3) is 0.182. The van der Waals surface area contributed by atoms with Gasteiger partial charge in [-0.15, -0.1) is 11.3 Å². The van der Waals surface area contributed by atoms with Crippen molar-refractivity contribution in [3.8, 4) is 16.6 Å². The van der Waals surface area contributed by atoms with Crippen LogP contribution in [0.1, 0.15) is 23.0 Å².